The second-order valence-electron chi connectivity index (χ2n) is 6.03. The van der Waals surface area contributed by atoms with Crippen LogP contribution in [0.2, 0.25) is 0 Å². The molecule has 1 aromatic carbocycles. The van der Waals surface area contributed by atoms with Gasteiger partial charge in [-0.2, -0.15) is 11.3 Å². The normalized spacial score (nSPS) is 12.7. The molecule has 0 bridgehead atoms. The average molecular weight is 336 g/mol. The molecule has 4 nitrogen and oxygen atoms in total. The van der Waals surface area contributed by atoms with E-state index in [1.54, 1.807) is 6.07 Å². The zero-order chi connectivity index (χ0) is 16.9. The van der Waals surface area contributed by atoms with Gasteiger partial charge in [0.05, 0.1) is 6.10 Å². The molecule has 1 aromatic heterocycles. The molecule has 2 aromatic rings. The summed E-state index contributed by atoms with van der Waals surface area (Å²) >= 11 is 1.50. The van der Waals surface area contributed by atoms with Crippen LogP contribution in [0.3, 0.4) is 0 Å². The molecule has 0 fully saturated rings. The van der Waals surface area contributed by atoms with E-state index in [-0.39, 0.29) is 18.4 Å². The SMILES string of the molecule is CC(C)(CNC(=O)NCC(O)c1ccsc1)c1cccc(F)c1. The zero-order valence-electron chi connectivity index (χ0n) is 13.2. The van der Waals surface area contributed by atoms with E-state index in [0.29, 0.717) is 6.54 Å². The second-order valence-corrected chi connectivity index (χ2v) is 6.81. The largest absolute Gasteiger partial charge is 0.387 e. The predicted molar refractivity (Wildman–Crippen MR) is 90.1 cm³/mol. The summed E-state index contributed by atoms with van der Waals surface area (Å²) < 4.78 is 13.3. The molecule has 23 heavy (non-hydrogen) atoms. The first-order valence-corrected chi connectivity index (χ1v) is 8.31. The van der Waals surface area contributed by atoms with Crippen LogP contribution in [0, 0.1) is 5.82 Å². The number of rotatable bonds is 6. The van der Waals surface area contributed by atoms with Crippen LogP contribution in [-0.2, 0) is 5.41 Å². The van der Waals surface area contributed by atoms with E-state index >= 15 is 0 Å². The maximum atomic E-state index is 13.3. The standard InChI is InChI=1S/C17H21FN2O2S/c1-17(2,13-4-3-5-14(18)8-13)11-20-16(22)19-9-15(21)12-6-7-23-10-12/h3-8,10,15,21H,9,11H2,1-2H3,(H2,19,20,22). The van der Waals surface area contributed by atoms with Crippen LogP contribution >= 0.6 is 11.3 Å². The summed E-state index contributed by atoms with van der Waals surface area (Å²) in [7, 11) is 0. The molecule has 0 saturated heterocycles. The molecule has 0 aliphatic carbocycles. The highest BCUT2D eigenvalue weighted by molar-refractivity contribution is 7.07. The Labute approximate surface area is 139 Å². The third kappa shape index (κ3) is 5.04. The number of thiophene rings is 1. The quantitative estimate of drug-likeness (QED) is 0.759. The first-order chi connectivity index (χ1) is 10.9. The van der Waals surface area contributed by atoms with Crippen molar-refractivity contribution in [1.29, 1.82) is 0 Å². The van der Waals surface area contributed by atoms with Crippen molar-refractivity contribution in [2.24, 2.45) is 0 Å². The van der Waals surface area contributed by atoms with Crippen molar-refractivity contribution in [3.05, 3.63) is 58.0 Å². The van der Waals surface area contributed by atoms with Gasteiger partial charge in [-0.15, -0.1) is 0 Å². The molecular weight excluding hydrogens is 315 g/mol. The first kappa shape index (κ1) is 17.4. The molecule has 1 heterocycles. The Morgan fingerprint density at radius 2 is 2.13 bits per heavy atom. The maximum absolute atomic E-state index is 13.3. The van der Waals surface area contributed by atoms with E-state index in [0.717, 1.165) is 11.1 Å². The van der Waals surface area contributed by atoms with Gasteiger partial charge in [-0.25, -0.2) is 9.18 Å². The molecule has 0 aliphatic rings. The molecule has 1 atom stereocenters. The minimum absolute atomic E-state index is 0.142. The minimum Gasteiger partial charge on any atom is -0.387 e. The van der Waals surface area contributed by atoms with Crippen LogP contribution in [0.25, 0.3) is 0 Å². The average Bonchev–Trinajstić information content (AvgIpc) is 3.05. The number of benzene rings is 1. The molecule has 2 rings (SSSR count). The van der Waals surface area contributed by atoms with Gasteiger partial charge in [-0.05, 0) is 40.1 Å². The summed E-state index contributed by atoms with van der Waals surface area (Å²) in [6, 6.07) is 7.82. The minimum atomic E-state index is -0.719. The van der Waals surface area contributed by atoms with Gasteiger partial charge in [0.1, 0.15) is 5.82 Å². The van der Waals surface area contributed by atoms with Crippen molar-refractivity contribution in [3.63, 3.8) is 0 Å². The number of aliphatic hydroxyl groups is 1. The Bertz CT molecular complexity index is 644. The van der Waals surface area contributed by atoms with Gasteiger partial charge >= 0.3 is 6.03 Å². The Kier molecular flexibility index (Phi) is 5.74. The third-order valence-electron chi connectivity index (χ3n) is 3.68. The number of amides is 2. The van der Waals surface area contributed by atoms with Crippen LogP contribution in [0.4, 0.5) is 9.18 Å². The summed E-state index contributed by atoms with van der Waals surface area (Å²) in [5.41, 5.74) is 1.21. The summed E-state index contributed by atoms with van der Waals surface area (Å²) in [6.07, 6.45) is -0.719. The molecular formula is C17H21FN2O2S. The van der Waals surface area contributed by atoms with Gasteiger partial charge in [0, 0.05) is 18.5 Å². The Morgan fingerprint density at radius 1 is 1.35 bits per heavy atom. The number of nitrogens with one attached hydrogen (secondary N) is 2. The third-order valence-corrected chi connectivity index (χ3v) is 4.38. The van der Waals surface area contributed by atoms with Crippen molar-refractivity contribution >= 4 is 17.4 Å². The molecule has 6 heteroatoms. The summed E-state index contributed by atoms with van der Waals surface area (Å²) in [5.74, 6) is -0.293. The van der Waals surface area contributed by atoms with E-state index in [1.165, 1.54) is 23.5 Å². The van der Waals surface area contributed by atoms with Crippen LogP contribution in [0.1, 0.15) is 31.1 Å². The van der Waals surface area contributed by atoms with Crippen LogP contribution in [0.15, 0.2) is 41.1 Å². The molecule has 0 radical (unpaired) electrons. The number of hydrogen-bond donors (Lipinski definition) is 3. The number of urea groups is 1. The van der Waals surface area contributed by atoms with E-state index < -0.39 is 11.5 Å². The molecule has 3 N–H and O–H groups in total. The number of aliphatic hydroxyl groups excluding tert-OH is 1. The fraction of sp³-hybridized carbons (Fsp3) is 0.353. The molecule has 1 unspecified atom stereocenters. The Hall–Kier alpha value is -1.92. The van der Waals surface area contributed by atoms with Crippen molar-refractivity contribution < 1.29 is 14.3 Å². The lowest BCUT2D eigenvalue weighted by atomic mass is 9.84. The number of carbonyl (C=O) groups excluding carboxylic acids is 1. The number of carbonyl (C=O) groups is 1. The summed E-state index contributed by atoms with van der Waals surface area (Å²) in [6.45, 7) is 4.37. The number of hydrogen-bond acceptors (Lipinski definition) is 3. The second kappa shape index (κ2) is 7.57. The highest BCUT2D eigenvalue weighted by atomic mass is 32.1. The Balaban J connectivity index is 1.81. The lowest BCUT2D eigenvalue weighted by Gasteiger charge is -2.26. The number of halogens is 1. The van der Waals surface area contributed by atoms with E-state index in [9.17, 15) is 14.3 Å². The van der Waals surface area contributed by atoms with Gasteiger partial charge in [-0.1, -0.05) is 26.0 Å². The molecule has 124 valence electrons. The zero-order valence-corrected chi connectivity index (χ0v) is 14.0. The molecule has 2 amide bonds. The maximum Gasteiger partial charge on any atom is 0.314 e. The van der Waals surface area contributed by atoms with E-state index in [2.05, 4.69) is 10.6 Å². The summed E-state index contributed by atoms with van der Waals surface area (Å²) in [4.78, 5) is 11.9. The lowest BCUT2D eigenvalue weighted by molar-refractivity contribution is 0.173. The van der Waals surface area contributed by atoms with Crippen molar-refractivity contribution in [3.8, 4) is 0 Å². The van der Waals surface area contributed by atoms with Crippen LogP contribution < -0.4 is 10.6 Å². The highest BCUT2D eigenvalue weighted by Crippen LogP contribution is 2.22. The first-order valence-electron chi connectivity index (χ1n) is 7.36. The monoisotopic (exact) mass is 336 g/mol. The van der Waals surface area contributed by atoms with Gasteiger partial charge in [0.2, 0.25) is 0 Å². The van der Waals surface area contributed by atoms with E-state index in [1.807, 2.05) is 36.7 Å². The van der Waals surface area contributed by atoms with Crippen LogP contribution in [-0.4, -0.2) is 24.2 Å². The fourth-order valence-electron chi connectivity index (χ4n) is 2.15. The molecule has 0 aliphatic heterocycles. The van der Waals surface area contributed by atoms with Gasteiger partial charge in [0.25, 0.3) is 0 Å². The molecule has 0 spiro atoms. The van der Waals surface area contributed by atoms with Gasteiger partial charge < -0.3 is 15.7 Å². The lowest BCUT2D eigenvalue weighted by Crippen LogP contribution is -2.43. The summed E-state index contributed by atoms with van der Waals surface area (Å²) in [5, 5.41) is 19.0. The van der Waals surface area contributed by atoms with Crippen molar-refractivity contribution in [2.45, 2.75) is 25.4 Å². The Morgan fingerprint density at radius 3 is 2.78 bits per heavy atom. The highest BCUT2D eigenvalue weighted by Gasteiger charge is 2.22. The van der Waals surface area contributed by atoms with Crippen LogP contribution in [0.5, 0.6) is 0 Å². The fourth-order valence-corrected chi connectivity index (χ4v) is 2.85. The van der Waals surface area contributed by atoms with Gasteiger partial charge in [0.15, 0.2) is 0 Å². The smallest absolute Gasteiger partial charge is 0.314 e. The van der Waals surface area contributed by atoms with Gasteiger partial charge in [-0.3, -0.25) is 0 Å². The predicted octanol–water partition coefficient (Wildman–Crippen LogP) is 3.20. The van der Waals surface area contributed by atoms with Crippen molar-refractivity contribution in [2.75, 3.05) is 13.1 Å². The van der Waals surface area contributed by atoms with Crippen molar-refractivity contribution in [1.82, 2.24) is 10.6 Å². The topological polar surface area (TPSA) is 61.4 Å². The van der Waals surface area contributed by atoms with E-state index in [4.69, 9.17) is 0 Å². The molecule has 0 saturated carbocycles.